The van der Waals surface area contributed by atoms with Crippen LogP contribution in [0.15, 0.2) is 24.3 Å². The highest BCUT2D eigenvalue weighted by molar-refractivity contribution is 6.32. The molecule has 1 fully saturated rings. The van der Waals surface area contributed by atoms with Gasteiger partial charge in [0.05, 0.1) is 16.8 Å². The number of hydrogen-bond donors (Lipinski definition) is 2. The van der Waals surface area contributed by atoms with Gasteiger partial charge in [0.15, 0.2) is 0 Å². The zero-order chi connectivity index (χ0) is 26.2. The third kappa shape index (κ3) is 6.66. The highest BCUT2D eigenvalue weighted by Crippen LogP contribution is 2.35. The van der Waals surface area contributed by atoms with E-state index in [-0.39, 0.29) is 22.6 Å². The summed E-state index contributed by atoms with van der Waals surface area (Å²) in [6.45, 7) is 5.83. The first-order valence-corrected chi connectivity index (χ1v) is 11.1. The lowest BCUT2D eigenvalue weighted by Gasteiger charge is -2.21. The number of rotatable bonds is 7. The molecule has 2 N–H and O–H groups in total. The average molecular weight is 512 g/mol. The smallest absolute Gasteiger partial charge is 0.404 e. The lowest BCUT2D eigenvalue weighted by atomic mass is 9.92. The van der Waals surface area contributed by atoms with Gasteiger partial charge in [-0.3, -0.25) is 14.3 Å². The molecular formula is C23H25ClF3N5O3. The van der Waals surface area contributed by atoms with Gasteiger partial charge in [0.2, 0.25) is 5.91 Å². The maximum atomic E-state index is 13.1. The van der Waals surface area contributed by atoms with Crippen LogP contribution in [-0.4, -0.2) is 39.5 Å². The molecular weight excluding hydrogens is 487 g/mol. The number of hydrogen-bond acceptors (Lipinski definition) is 5. The van der Waals surface area contributed by atoms with E-state index in [4.69, 9.17) is 11.6 Å². The number of benzene rings is 1. The Kier molecular flexibility index (Phi) is 7.09. The van der Waals surface area contributed by atoms with E-state index >= 15 is 0 Å². The fourth-order valence-electron chi connectivity index (χ4n) is 3.31. The number of nitrogens with one attached hydrogen (secondary N) is 2. The van der Waals surface area contributed by atoms with Crippen molar-refractivity contribution in [2.45, 2.75) is 63.4 Å². The largest absolute Gasteiger partial charge is 0.573 e. The van der Waals surface area contributed by atoms with E-state index in [0.29, 0.717) is 24.1 Å². The van der Waals surface area contributed by atoms with Crippen molar-refractivity contribution in [3.8, 4) is 11.8 Å². The minimum absolute atomic E-state index is 0.0882. The van der Waals surface area contributed by atoms with Crippen LogP contribution in [-0.2, 0) is 23.7 Å². The quantitative estimate of drug-likeness (QED) is 0.588. The van der Waals surface area contributed by atoms with Gasteiger partial charge in [0.25, 0.3) is 5.91 Å². The van der Waals surface area contributed by atoms with E-state index in [9.17, 15) is 28.0 Å². The fraction of sp³-hybridized carbons (Fsp3) is 0.478. The summed E-state index contributed by atoms with van der Waals surface area (Å²) in [5.41, 5.74) is -0.00339. The monoisotopic (exact) mass is 511 g/mol. The summed E-state index contributed by atoms with van der Waals surface area (Å²) < 4.78 is 42.9. The van der Waals surface area contributed by atoms with Crippen LogP contribution in [0.2, 0.25) is 5.02 Å². The fourth-order valence-corrected chi connectivity index (χ4v) is 3.56. The number of nitrogens with zero attached hydrogens (tertiary/aromatic N) is 3. The lowest BCUT2D eigenvalue weighted by molar-refractivity contribution is -0.274. The Morgan fingerprint density at radius 3 is 2.43 bits per heavy atom. The first kappa shape index (κ1) is 26.3. The van der Waals surface area contributed by atoms with E-state index in [1.807, 2.05) is 20.8 Å². The Morgan fingerprint density at radius 1 is 1.29 bits per heavy atom. The zero-order valence-corrected chi connectivity index (χ0v) is 20.3. The van der Waals surface area contributed by atoms with Crippen LogP contribution in [0, 0.1) is 11.3 Å². The van der Waals surface area contributed by atoms with Gasteiger partial charge in [-0.15, -0.1) is 13.2 Å². The number of aromatic nitrogens is 2. The molecule has 1 aliphatic rings. The maximum Gasteiger partial charge on any atom is 0.573 e. The molecule has 12 heteroatoms. The molecule has 0 aliphatic heterocycles. The van der Waals surface area contributed by atoms with Gasteiger partial charge in [0, 0.05) is 18.9 Å². The minimum Gasteiger partial charge on any atom is -0.404 e. The Balaban J connectivity index is 1.84. The first-order valence-electron chi connectivity index (χ1n) is 10.8. The van der Waals surface area contributed by atoms with Crippen LogP contribution in [0.1, 0.15) is 55.4 Å². The summed E-state index contributed by atoms with van der Waals surface area (Å²) in [6, 6.07) is 6.13. The van der Waals surface area contributed by atoms with Crippen molar-refractivity contribution in [2.24, 2.45) is 7.05 Å². The van der Waals surface area contributed by atoms with Crippen molar-refractivity contribution < 1.29 is 27.5 Å². The lowest BCUT2D eigenvalue weighted by Crippen LogP contribution is -2.51. The Bertz CT molecular complexity index is 1180. The summed E-state index contributed by atoms with van der Waals surface area (Å²) in [5, 5.41) is 18.7. The predicted octanol–water partition coefficient (Wildman–Crippen LogP) is 3.78. The second-order valence-corrected chi connectivity index (χ2v) is 9.92. The molecule has 1 aromatic carbocycles. The van der Waals surface area contributed by atoms with E-state index in [1.54, 1.807) is 13.1 Å². The molecule has 1 aliphatic carbocycles. The summed E-state index contributed by atoms with van der Waals surface area (Å²) in [5.74, 6) is -1.75. The number of alkyl halides is 3. The summed E-state index contributed by atoms with van der Waals surface area (Å²) in [4.78, 5) is 26.1. The van der Waals surface area contributed by atoms with Crippen molar-refractivity contribution in [3.63, 3.8) is 0 Å². The van der Waals surface area contributed by atoms with E-state index < -0.39 is 35.5 Å². The highest BCUT2D eigenvalue weighted by Gasteiger charge is 2.45. The van der Waals surface area contributed by atoms with Gasteiger partial charge < -0.3 is 15.4 Å². The Hall–Kier alpha value is -3.26. The van der Waals surface area contributed by atoms with Crippen LogP contribution >= 0.6 is 11.6 Å². The number of nitriles is 1. The average Bonchev–Trinajstić information content (AvgIpc) is 3.38. The number of carbonyl (C=O) groups is 2. The minimum atomic E-state index is -4.91. The first-order chi connectivity index (χ1) is 16.1. The molecule has 35 heavy (non-hydrogen) atoms. The molecule has 8 nitrogen and oxygen atoms in total. The number of aryl methyl sites for hydroxylation is 1. The van der Waals surface area contributed by atoms with Gasteiger partial charge in [-0.2, -0.15) is 10.4 Å². The molecule has 0 radical (unpaired) electrons. The molecule has 0 saturated heterocycles. The highest BCUT2D eigenvalue weighted by atomic mass is 35.5. The van der Waals surface area contributed by atoms with Crippen molar-refractivity contribution in [1.29, 1.82) is 5.26 Å². The van der Waals surface area contributed by atoms with Crippen LogP contribution in [0.25, 0.3) is 0 Å². The second-order valence-electron chi connectivity index (χ2n) is 9.51. The SMILES string of the molecule is Cn1nc(C(C)(C)C)cc1C(=O)NC(Cc1ccc(OC(F)(F)F)c(Cl)c1)C(=O)NC1(C#N)CC1. The van der Waals surface area contributed by atoms with Crippen molar-refractivity contribution in [1.82, 2.24) is 20.4 Å². The van der Waals surface area contributed by atoms with E-state index in [0.717, 1.165) is 6.07 Å². The summed E-state index contributed by atoms with van der Waals surface area (Å²) in [6.07, 6.45) is -4.02. The predicted molar refractivity (Wildman–Crippen MR) is 121 cm³/mol. The topological polar surface area (TPSA) is 109 Å². The van der Waals surface area contributed by atoms with E-state index in [2.05, 4.69) is 26.5 Å². The van der Waals surface area contributed by atoms with Crippen molar-refractivity contribution >= 4 is 23.4 Å². The van der Waals surface area contributed by atoms with Gasteiger partial charge in [0.1, 0.15) is 23.0 Å². The normalized spacial score (nSPS) is 15.6. The molecule has 3 rings (SSSR count). The van der Waals surface area contributed by atoms with Gasteiger partial charge in [-0.25, -0.2) is 0 Å². The molecule has 1 aromatic heterocycles. The number of amides is 2. The third-order valence-electron chi connectivity index (χ3n) is 5.49. The molecule has 1 saturated carbocycles. The van der Waals surface area contributed by atoms with Crippen molar-refractivity contribution in [2.75, 3.05) is 0 Å². The number of ether oxygens (including phenoxy) is 1. The maximum absolute atomic E-state index is 13.1. The molecule has 0 spiro atoms. The summed E-state index contributed by atoms with van der Waals surface area (Å²) >= 11 is 5.94. The standard InChI is InChI=1S/C23H25ClF3N5O3/c1-21(2,3)18-11-16(32(4)31-18)20(34)29-15(19(33)30-22(12-28)7-8-22)10-13-5-6-17(14(24)9-13)35-23(25,26)27/h5-6,9,11,15H,7-8,10H2,1-4H3,(H,29,34)(H,30,33). The third-order valence-corrected chi connectivity index (χ3v) is 5.79. The van der Waals surface area contributed by atoms with Gasteiger partial charge in [-0.1, -0.05) is 38.4 Å². The van der Waals surface area contributed by atoms with Gasteiger partial charge in [-0.05, 0) is 36.6 Å². The zero-order valence-electron chi connectivity index (χ0n) is 19.6. The Morgan fingerprint density at radius 2 is 1.94 bits per heavy atom. The van der Waals surface area contributed by atoms with Gasteiger partial charge >= 0.3 is 6.36 Å². The number of halogens is 4. The van der Waals surface area contributed by atoms with Crippen LogP contribution < -0.4 is 15.4 Å². The van der Waals surface area contributed by atoms with Crippen LogP contribution in [0.4, 0.5) is 13.2 Å². The molecule has 188 valence electrons. The molecule has 1 heterocycles. The molecule has 0 bridgehead atoms. The van der Waals surface area contributed by atoms with E-state index in [1.165, 1.54) is 16.8 Å². The van der Waals surface area contributed by atoms with Crippen LogP contribution in [0.3, 0.4) is 0 Å². The van der Waals surface area contributed by atoms with Crippen molar-refractivity contribution in [3.05, 3.63) is 46.2 Å². The van der Waals surface area contributed by atoms with Crippen LogP contribution in [0.5, 0.6) is 5.75 Å². The second kappa shape index (κ2) is 9.41. The Labute approximate surface area is 205 Å². The summed E-state index contributed by atoms with van der Waals surface area (Å²) in [7, 11) is 1.60. The number of carbonyl (C=O) groups excluding carboxylic acids is 2. The molecule has 2 aromatic rings. The molecule has 2 amide bonds. The molecule has 1 unspecified atom stereocenters. The molecule has 1 atom stereocenters.